The zero-order valence-corrected chi connectivity index (χ0v) is 14.5. The summed E-state index contributed by atoms with van der Waals surface area (Å²) >= 11 is 0. The molecule has 2 aromatic rings. The first-order valence-corrected chi connectivity index (χ1v) is 8.29. The lowest BCUT2D eigenvalue weighted by atomic mass is 9.98. The average molecular weight is 339 g/mol. The van der Waals surface area contributed by atoms with Gasteiger partial charge in [-0.3, -0.25) is 9.59 Å². The third-order valence-corrected chi connectivity index (χ3v) is 4.32. The Kier molecular flexibility index (Phi) is 5.03. The molecule has 1 amide bonds. The van der Waals surface area contributed by atoms with Crippen molar-refractivity contribution in [1.82, 2.24) is 0 Å². The van der Waals surface area contributed by atoms with Crippen molar-refractivity contribution in [1.29, 1.82) is 0 Å². The Bertz CT molecular complexity index is 800. The molecule has 1 aliphatic rings. The Morgan fingerprint density at radius 2 is 1.92 bits per heavy atom. The number of methoxy groups -OCH3 is 1. The first-order valence-electron chi connectivity index (χ1n) is 8.29. The summed E-state index contributed by atoms with van der Waals surface area (Å²) < 4.78 is 10.8. The van der Waals surface area contributed by atoms with Gasteiger partial charge in [0.05, 0.1) is 7.11 Å². The van der Waals surface area contributed by atoms with Crippen LogP contribution in [0, 0.1) is 0 Å². The minimum atomic E-state index is -0.121. The average Bonchev–Trinajstić information content (AvgIpc) is 2.65. The van der Waals surface area contributed by atoms with Crippen LogP contribution >= 0.6 is 0 Å². The fourth-order valence-electron chi connectivity index (χ4n) is 2.97. The number of hydrogen-bond acceptors (Lipinski definition) is 4. The second kappa shape index (κ2) is 7.38. The van der Waals surface area contributed by atoms with Crippen molar-refractivity contribution in [3.63, 3.8) is 0 Å². The van der Waals surface area contributed by atoms with Gasteiger partial charge in [-0.25, -0.2) is 0 Å². The van der Waals surface area contributed by atoms with Gasteiger partial charge in [0, 0.05) is 23.9 Å². The summed E-state index contributed by atoms with van der Waals surface area (Å²) in [5, 5.41) is 0. The molecule has 0 aliphatic carbocycles. The second-order valence-electron chi connectivity index (χ2n) is 6.02. The molecule has 0 saturated carbocycles. The first kappa shape index (κ1) is 17.0. The standard InChI is InChI=1S/C20H21NO4/c1-14(22)16-9-8-15-5-4-10-21(19(15)11-16)20(23)13-25-18-7-3-6-17(12-18)24-2/h3,6-9,11-12H,4-5,10,13H2,1-2H3. The molecule has 5 heteroatoms. The number of benzene rings is 2. The number of carbonyl (C=O) groups excluding carboxylic acids is 2. The van der Waals surface area contributed by atoms with Crippen LogP contribution in [-0.2, 0) is 11.2 Å². The van der Waals surface area contributed by atoms with Crippen molar-refractivity contribution < 1.29 is 19.1 Å². The number of hydrogen-bond donors (Lipinski definition) is 0. The summed E-state index contributed by atoms with van der Waals surface area (Å²) in [6.07, 6.45) is 1.81. The summed E-state index contributed by atoms with van der Waals surface area (Å²) in [5.74, 6) is 1.14. The van der Waals surface area contributed by atoms with Gasteiger partial charge < -0.3 is 14.4 Å². The molecule has 0 fully saturated rings. The maximum atomic E-state index is 12.7. The Hall–Kier alpha value is -2.82. The van der Waals surface area contributed by atoms with Crippen LogP contribution in [-0.4, -0.2) is 32.0 Å². The molecule has 130 valence electrons. The lowest BCUT2D eigenvalue weighted by molar-refractivity contribution is -0.120. The fourth-order valence-corrected chi connectivity index (χ4v) is 2.97. The van der Waals surface area contributed by atoms with Crippen molar-refractivity contribution in [3.05, 3.63) is 53.6 Å². The predicted molar refractivity (Wildman–Crippen MR) is 95.6 cm³/mol. The van der Waals surface area contributed by atoms with Crippen LogP contribution in [0.25, 0.3) is 0 Å². The smallest absolute Gasteiger partial charge is 0.264 e. The predicted octanol–water partition coefficient (Wildman–Crippen LogP) is 3.26. The van der Waals surface area contributed by atoms with Crippen LogP contribution in [0.1, 0.15) is 29.3 Å². The summed E-state index contributed by atoms with van der Waals surface area (Å²) in [7, 11) is 1.58. The molecule has 1 heterocycles. The molecule has 25 heavy (non-hydrogen) atoms. The van der Waals surface area contributed by atoms with Crippen molar-refractivity contribution in [2.45, 2.75) is 19.8 Å². The van der Waals surface area contributed by atoms with E-state index in [0.717, 1.165) is 24.1 Å². The summed E-state index contributed by atoms with van der Waals surface area (Å²) in [6, 6.07) is 12.7. The third kappa shape index (κ3) is 3.82. The highest BCUT2D eigenvalue weighted by molar-refractivity contribution is 5.99. The monoisotopic (exact) mass is 339 g/mol. The van der Waals surface area contributed by atoms with E-state index in [1.165, 1.54) is 6.92 Å². The quantitative estimate of drug-likeness (QED) is 0.785. The van der Waals surface area contributed by atoms with E-state index in [9.17, 15) is 9.59 Å². The minimum absolute atomic E-state index is 0.00611. The number of carbonyl (C=O) groups is 2. The Balaban J connectivity index is 1.75. The number of anilines is 1. The molecule has 0 atom stereocenters. The highest BCUT2D eigenvalue weighted by Gasteiger charge is 2.23. The van der Waals surface area contributed by atoms with Crippen LogP contribution in [0.3, 0.4) is 0 Å². The van der Waals surface area contributed by atoms with Crippen LogP contribution in [0.15, 0.2) is 42.5 Å². The van der Waals surface area contributed by atoms with Crippen LogP contribution in [0.5, 0.6) is 11.5 Å². The van der Waals surface area contributed by atoms with Crippen molar-refractivity contribution in [2.75, 3.05) is 25.2 Å². The molecular weight excluding hydrogens is 318 g/mol. The second-order valence-corrected chi connectivity index (χ2v) is 6.02. The molecule has 1 aliphatic heterocycles. The number of rotatable bonds is 5. The zero-order chi connectivity index (χ0) is 17.8. The van der Waals surface area contributed by atoms with Gasteiger partial charge in [0.15, 0.2) is 12.4 Å². The Labute approximate surface area is 147 Å². The lowest BCUT2D eigenvalue weighted by Crippen LogP contribution is -2.38. The van der Waals surface area contributed by atoms with E-state index in [2.05, 4.69) is 0 Å². The number of nitrogens with zero attached hydrogens (tertiary/aromatic N) is 1. The molecule has 5 nitrogen and oxygen atoms in total. The molecule has 3 rings (SSSR count). The van der Waals surface area contributed by atoms with E-state index in [0.29, 0.717) is 23.6 Å². The Morgan fingerprint density at radius 1 is 1.12 bits per heavy atom. The van der Waals surface area contributed by atoms with E-state index in [4.69, 9.17) is 9.47 Å². The number of Topliss-reactive ketones (excluding diaryl/α,β-unsaturated/α-hetero) is 1. The topological polar surface area (TPSA) is 55.8 Å². The van der Waals surface area contributed by atoms with Crippen molar-refractivity contribution in [2.24, 2.45) is 0 Å². The van der Waals surface area contributed by atoms with Gasteiger partial charge in [0.1, 0.15) is 11.5 Å². The van der Waals surface area contributed by atoms with Gasteiger partial charge in [-0.2, -0.15) is 0 Å². The van der Waals surface area contributed by atoms with E-state index in [1.54, 1.807) is 30.2 Å². The molecule has 0 N–H and O–H groups in total. The first-order chi connectivity index (χ1) is 12.1. The molecular formula is C20H21NO4. The van der Waals surface area contributed by atoms with Gasteiger partial charge in [0.25, 0.3) is 5.91 Å². The van der Waals surface area contributed by atoms with Crippen LogP contribution < -0.4 is 14.4 Å². The van der Waals surface area contributed by atoms with Gasteiger partial charge in [-0.1, -0.05) is 18.2 Å². The molecule has 0 aromatic heterocycles. The summed E-state index contributed by atoms with van der Waals surface area (Å²) in [6.45, 7) is 2.11. The van der Waals surface area contributed by atoms with E-state index in [-0.39, 0.29) is 18.3 Å². The molecule has 0 unspecified atom stereocenters. The molecule has 0 spiro atoms. The number of ether oxygens (including phenoxy) is 2. The van der Waals surface area contributed by atoms with E-state index < -0.39 is 0 Å². The number of fused-ring (bicyclic) bond motifs is 1. The SMILES string of the molecule is COc1cccc(OCC(=O)N2CCCc3ccc(C(C)=O)cc32)c1. The van der Waals surface area contributed by atoms with Crippen molar-refractivity contribution in [3.8, 4) is 11.5 Å². The fraction of sp³-hybridized carbons (Fsp3) is 0.300. The zero-order valence-electron chi connectivity index (χ0n) is 14.5. The maximum absolute atomic E-state index is 12.7. The maximum Gasteiger partial charge on any atom is 0.264 e. The van der Waals surface area contributed by atoms with Gasteiger partial charge in [-0.15, -0.1) is 0 Å². The van der Waals surface area contributed by atoms with Gasteiger partial charge in [0.2, 0.25) is 0 Å². The molecule has 0 saturated heterocycles. The number of ketones is 1. The van der Waals surface area contributed by atoms with Crippen molar-refractivity contribution >= 4 is 17.4 Å². The number of amides is 1. The molecule has 2 aromatic carbocycles. The number of aryl methyl sites for hydroxylation is 1. The third-order valence-electron chi connectivity index (χ3n) is 4.32. The molecule has 0 radical (unpaired) electrons. The largest absolute Gasteiger partial charge is 0.497 e. The highest BCUT2D eigenvalue weighted by atomic mass is 16.5. The summed E-state index contributed by atoms with van der Waals surface area (Å²) in [4.78, 5) is 26.0. The van der Waals surface area contributed by atoms with Gasteiger partial charge >= 0.3 is 0 Å². The van der Waals surface area contributed by atoms with E-state index in [1.807, 2.05) is 24.3 Å². The summed E-state index contributed by atoms with van der Waals surface area (Å²) in [5.41, 5.74) is 2.52. The normalized spacial score (nSPS) is 13.1. The molecule has 0 bridgehead atoms. The minimum Gasteiger partial charge on any atom is -0.497 e. The van der Waals surface area contributed by atoms with Crippen LogP contribution in [0.2, 0.25) is 0 Å². The Morgan fingerprint density at radius 3 is 2.68 bits per heavy atom. The van der Waals surface area contributed by atoms with Crippen LogP contribution in [0.4, 0.5) is 5.69 Å². The van der Waals surface area contributed by atoms with Gasteiger partial charge in [-0.05, 0) is 43.5 Å². The highest BCUT2D eigenvalue weighted by Crippen LogP contribution is 2.29. The van der Waals surface area contributed by atoms with E-state index >= 15 is 0 Å². The lowest BCUT2D eigenvalue weighted by Gasteiger charge is -2.30.